The van der Waals surface area contributed by atoms with Crippen molar-refractivity contribution >= 4 is 34.8 Å². The van der Waals surface area contributed by atoms with Gasteiger partial charge in [-0.1, -0.05) is 44.2 Å². The number of aromatic nitrogens is 2. The molecule has 0 bridgehead atoms. The van der Waals surface area contributed by atoms with Crippen LogP contribution in [0.25, 0.3) is 0 Å². The third-order valence-corrected chi connectivity index (χ3v) is 8.20. The number of hydrogen-bond acceptors (Lipinski definition) is 8. The van der Waals surface area contributed by atoms with Crippen LogP contribution in [0.2, 0.25) is 0 Å². The van der Waals surface area contributed by atoms with E-state index in [0.29, 0.717) is 30.7 Å². The van der Waals surface area contributed by atoms with Crippen molar-refractivity contribution in [1.29, 1.82) is 0 Å². The number of nitrogens with zero attached hydrogens (tertiary/aromatic N) is 2. The van der Waals surface area contributed by atoms with Gasteiger partial charge in [0.2, 0.25) is 11.8 Å². The number of nitrogens with one attached hydrogen (secondary N) is 3. The van der Waals surface area contributed by atoms with E-state index in [4.69, 9.17) is 4.74 Å². The first-order valence-electron chi connectivity index (χ1n) is 14.5. The van der Waals surface area contributed by atoms with Crippen molar-refractivity contribution in [3.05, 3.63) is 82.1 Å². The van der Waals surface area contributed by atoms with E-state index < -0.39 is 41.4 Å². The van der Waals surface area contributed by atoms with Crippen molar-refractivity contribution in [1.82, 2.24) is 25.9 Å². The lowest BCUT2D eigenvalue weighted by Gasteiger charge is -2.26. The van der Waals surface area contributed by atoms with E-state index in [-0.39, 0.29) is 18.1 Å². The first-order valence-corrected chi connectivity index (χ1v) is 15.3. The van der Waals surface area contributed by atoms with Crippen LogP contribution in [0, 0.1) is 12.8 Å². The molecule has 0 saturated carbocycles. The van der Waals surface area contributed by atoms with E-state index >= 15 is 0 Å². The predicted molar refractivity (Wildman–Crippen MR) is 163 cm³/mol. The maximum Gasteiger partial charge on any atom is 0.263 e. The number of benzene rings is 1. The number of hydrogen-bond donors (Lipinski definition) is 3. The lowest BCUT2D eigenvalue weighted by atomic mass is 9.93. The molecule has 1 aliphatic heterocycles. The largest absolute Gasteiger partial charge is 0.361 e. The molecule has 2 aromatic heterocycles. The van der Waals surface area contributed by atoms with Crippen molar-refractivity contribution < 1.29 is 23.9 Å². The number of thiazole rings is 1. The van der Waals surface area contributed by atoms with Crippen LogP contribution in [0.3, 0.4) is 0 Å². The molecule has 4 rings (SSSR count). The molecule has 4 atom stereocenters. The normalized spacial score (nSPS) is 17.9. The van der Waals surface area contributed by atoms with Gasteiger partial charge in [-0.05, 0) is 62.3 Å². The Morgan fingerprint density at radius 1 is 0.930 bits per heavy atom. The van der Waals surface area contributed by atoms with Crippen molar-refractivity contribution in [3.8, 4) is 0 Å². The quantitative estimate of drug-likeness (QED) is 0.226. The Hall–Kier alpha value is -3.96. The van der Waals surface area contributed by atoms with Crippen molar-refractivity contribution in [2.75, 3.05) is 6.61 Å². The monoisotopic (exact) mass is 605 g/mol. The SMILES string of the molecule is Cc1ncc(C(=O)NC(CCc2ccccc2)C(=O)NC(Cc2ccncc2)C(=O)NC(CC(C)C)C(=O)C2(C)CO2)s1. The molecule has 1 aromatic carbocycles. The molecule has 11 heteroatoms. The lowest BCUT2D eigenvalue weighted by molar-refractivity contribution is -0.133. The fourth-order valence-corrected chi connectivity index (χ4v) is 5.43. The fraction of sp³-hybridized carbons (Fsp3) is 0.438. The van der Waals surface area contributed by atoms with E-state index in [1.54, 1.807) is 38.4 Å². The zero-order valence-corrected chi connectivity index (χ0v) is 25.8. The van der Waals surface area contributed by atoms with Crippen LogP contribution in [-0.2, 0) is 32.0 Å². The second-order valence-corrected chi connectivity index (χ2v) is 12.7. The number of carbonyl (C=O) groups is 4. The summed E-state index contributed by atoms with van der Waals surface area (Å²) in [5.41, 5.74) is 0.892. The third kappa shape index (κ3) is 9.26. The maximum atomic E-state index is 13.8. The Kier molecular flexibility index (Phi) is 10.8. The van der Waals surface area contributed by atoms with Gasteiger partial charge in [0.05, 0.1) is 23.9 Å². The summed E-state index contributed by atoms with van der Waals surface area (Å²) in [6.07, 6.45) is 6.16. The van der Waals surface area contributed by atoms with Gasteiger partial charge in [0.15, 0.2) is 5.78 Å². The number of carbonyl (C=O) groups excluding carboxylic acids is 4. The Bertz CT molecular complexity index is 1410. The average molecular weight is 606 g/mol. The number of ketones is 1. The summed E-state index contributed by atoms with van der Waals surface area (Å²) in [5.74, 6) is -1.44. The second-order valence-electron chi connectivity index (χ2n) is 11.5. The number of amides is 3. The minimum atomic E-state index is -1.01. The Balaban J connectivity index is 1.54. The van der Waals surface area contributed by atoms with Gasteiger partial charge >= 0.3 is 0 Å². The molecular formula is C32H39N5O5S. The van der Waals surface area contributed by atoms with Crippen LogP contribution in [0.5, 0.6) is 0 Å². The van der Waals surface area contributed by atoms with E-state index in [2.05, 4.69) is 25.9 Å². The number of epoxide rings is 1. The van der Waals surface area contributed by atoms with Crippen LogP contribution in [0.15, 0.2) is 61.1 Å². The number of aryl methyl sites for hydroxylation is 2. The summed E-state index contributed by atoms with van der Waals surface area (Å²) in [5, 5.41) is 9.35. The van der Waals surface area contributed by atoms with Crippen LogP contribution in [-0.4, -0.2) is 63.8 Å². The van der Waals surface area contributed by atoms with Gasteiger partial charge in [0, 0.05) is 18.8 Å². The number of rotatable bonds is 15. The second kappa shape index (κ2) is 14.5. The lowest BCUT2D eigenvalue weighted by Crippen LogP contribution is -2.57. The highest BCUT2D eigenvalue weighted by Gasteiger charge is 2.50. The molecule has 3 aromatic rings. The van der Waals surface area contributed by atoms with Gasteiger partial charge in [0.1, 0.15) is 22.6 Å². The summed E-state index contributed by atoms with van der Waals surface area (Å²) in [6.45, 7) is 7.79. The molecule has 3 N–H and O–H groups in total. The van der Waals surface area contributed by atoms with Gasteiger partial charge in [-0.2, -0.15) is 0 Å². The van der Waals surface area contributed by atoms with Crippen LogP contribution in [0.1, 0.15) is 59.4 Å². The minimum absolute atomic E-state index is 0.137. The van der Waals surface area contributed by atoms with E-state index in [9.17, 15) is 19.2 Å². The summed E-state index contributed by atoms with van der Waals surface area (Å²) in [7, 11) is 0. The molecule has 228 valence electrons. The predicted octanol–water partition coefficient (Wildman–Crippen LogP) is 3.19. The Morgan fingerprint density at radius 2 is 1.58 bits per heavy atom. The smallest absolute Gasteiger partial charge is 0.263 e. The highest BCUT2D eigenvalue weighted by molar-refractivity contribution is 7.13. The van der Waals surface area contributed by atoms with Crippen LogP contribution < -0.4 is 16.0 Å². The first-order chi connectivity index (χ1) is 20.5. The molecule has 43 heavy (non-hydrogen) atoms. The van der Waals surface area contributed by atoms with Gasteiger partial charge in [-0.25, -0.2) is 4.98 Å². The Labute approximate surface area is 256 Å². The van der Waals surface area contributed by atoms with E-state index in [0.717, 1.165) is 16.1 Å². The molecule has 0 radical (unpaired) electrons. The average Bonchev–Trinajstić information content (AvgIpc) is 3.59. The fourth-order valence-electron chi connectivity index (χ4n) is 4.75. The van der Waals surface area contributed by atoms with Gasteiger partial charge in [0.25, 0.3) is 5.91 Å². The van der Waals surface area contributed by atoms with E-state index in [1.165, 1.54) is 17.5 Å². The molecule has 1 saturated heterocycles. The van der Waals surface area contributed by atoms with Crippen LogP contribution in [0.4, 0.5) is 0 Å². The molecule has 3 heterocycles. The van der Waals surface area contributed by atoms with Gasteiger partial charge in [-0.3, -0.25) is 24.2 Å². The standard InChI is InChI=1S/C32H39N5O5S/c1-20(2)16-25(28(38)32(4)19-42-32)36-30(40)26(17-23-12-14-33-15-13-23)37-29(39)24(11-10-22-8-6-5-7-9-22)35-31(41)27-18-34-21(3)43-27/h5-9,12-15,18,20,24-26H,10-11,16-17,19H2,1-4H3,(H,35,41)(H,36,40)(H,37,39). The minimum Gasteiger partial charge on any atom is -0.361 e. The van der Waals surface area contributed by atoms with Crippen molar-refractivity contribution in [2.45, 2.75) is 77.1 Å². The highest BCUT2D eigenvalue weighted by Crippen LogP contribution is 2.29. The molecule has 0 spiro atoms. The molecule has 1 fully saturated rings. The third-order valence-electron chi connectivity index (χ3n) is 7.29. The molecule has 0 aliphatic carbocycles. The Morgan fingerprint density at radius 3 is 2.19 bits per heavy atom. The zero-order valence-electron chi connectivity index (χ0n) is 25.0. The van der Waals surface area contributed by atoms with Gasteiger partial charge < -0.3 is 20.7 Å². The first kappa shape index (κ1) is 32.0. The molecule has 3 amide bonds. The van der Waals surface area contributed by atoms with Gasteiger partial charge in [-0.15, -0.1) is 11.3 Å². The van der Waals surface area contributed by atoms with Crippen molar-refractivity contribution in [2.24, 2.45) is 5.92 Å². The summed E-state index contributed by atoms with van der Waals surface area (Å²) >= 11 is 1.24. The highest BCUT2D eigenvalue weighted by atomic mass is 32.1. The summed E-state index contributed by atoms with van der Waals surface area (Å²) in [6, 6.07) is 10.5. The van der Waals surface area contributed by atoms with Crippen molar-refractivity contribution in [3.63, 3.8) is 0 Å². The maximum absolute atomic E-state index is 13.8. The summed E-state index contributed by atoms with van der Waals surface area (Å²) < 4.78 is 5.37. The molecule has 10 nitrogen and oxygen atoms in total. The molecule has 1 aliphatic rings. The molecular weight excluding hydrogens is 566 g/mol. The number of ether oxygens (including phenoxy) is 1. The van der Waals surface area contributed by atoms with Crippen LogP contribution >= 0.6 is 11.3 Å². The molecule has 4 unspecified atom stereocenters. The van der Waals surface area contributed by atoms with E-state index in [1.807, 2.05) is 44.2 Å². The topological polar surface area (TPSA) is 143 Å². The number of pyridine rings is 1. The number of Topliss-reactive ketones (excluding diaryl/α,β-unsaturated/α-hetero) is 1. The summed E-state index contributed by atoms with van der Waals surface area (Å²) in [4.78, 5) is 62.4. The zero-order chi connectivity index (χ0) is 31.0.